The van der Waals surface area contributed by atoms with Gasteiger partial charge in [-0.05, 0) is 56.3 Å². The van der Waals surface area contributed by atoms with Gasteiger partial charge in [0, 0.05) is 25.2 Å². The summed E-state index contributed by atoms with van der Waals surface area (Å²) in [7, 11) is -6.26. The summed E-state index contributed by atoms with van der Waals surface area (Å²) in [4.78, 5) is 15.4. The van der Waals surface area contributed by atoms with Crippen molar-refractivity contribution in [2.75, 3.05) is 31.5 Å². The van der Waals surface area contributed by atoms with Crippen molar-refractivity contribution in [2.45, 2.75) is 42.7 Å². The third kappa shape index (κ3) is 6.72. The van der Waals surface area contributed by atoms with Gasteiger partial charge in [-0.3, -0.25) is 9.52 Å². The smallest absolute Gasteiger partial charge is 0.261 e. The summed E-state index contributed by atoms with van der Waals surface area (Å²) in [6.45, 7) is 5.33. The van der Waals surface area contributed by atoms with Crippen LogP contribution in [-0.4, -0.2) is 75.9 Å². The van der Waals surface area contributed by atoms with Gasteiger partial charge in [-0.25, -0.2) is 16.8 Å². The van der Waals surface area contributed by atoms with Crippen LogP contribution in [0.1, 0.15) is 29.8 Å². The SMILES string of the molecule is Cc1ccc(S(=O)(=O)N(C)C[C@H]2Oc3ccc(NS(=O)(=O)c4ccccc4)cc3C(=O)N([C@@H](C)CO)C[C@@H]2C)cc1. The number of benzene rings is 3. The van der Waals surface area contributed by atoms with E-state index in [2.05, 4.69) is 4.72 Å². The number of nitrogens with zero attached hydrogens (tertiary/aromatic N) is 2. The topological polar surface area (TPSA) is 133 Å². The van der Waals surface area contributed by atoms with Gasteiger partial charge in [0.25, 0.3) is 15.9 Å². The Hall–Kier alpha value is -3.45. The Labute approximate surface area is 241 Å². The fourth-order valence-corrected chi connectivity index (χ4v) is 6.81. The second-order valence-electron chi connectivity index (χ2n) is 10.4. The zero-order valence-electron chi connectivity index (χ0n) is 23.4. The summed E-state index contributed by atoms with van der Waals surface area (Å²) >= 11 is 0. The molecule has 0 saturated carbocycles. The Kier molecular flexibility index (Phi) is 9.07. The zero-order chi connectivity index (χ0) is 29.9. The highest BCUT2D eigenvalue weighted by atomic mass is 32.2. The highest BCUT2D eigenvalue weighted by Crippen LogP contribution is 2.32. The van der Waals surface area contributed by atoms with Gasteiger partial charge in [0.2, 0.25) is 10.0 Å². The molecule has 0 saturated heterocycles. The molecule has 2 N–H and O–H groups in total. The number of carbonyl (C=O) groups is 1. The van der Waals surface area contributed by atoms with E-state index in [0.717, 1.165) is 5.56 Å². The summed E-state index contributed by atoms with van der Waals surface area (Å²) in [6.07, 6.45) is -0.660. The van der Waals surface area contributed by atoms with Gasteiger partial charge in [-0.2, -0.15) is 4.31 Å². The quantitative estimate of drug-likeness (QED) is 0.384. The fourth-order valence-electron chi connectivity index (χ4n) is 4.56. The molecular weight excluding hydrogens is 566 g/mol. The number of likely N-dealkylation sites (N-methyl/N-ethyl adjacent to an activating group) is 1. The lowest BCUT2D eigenvalue weighted by molar-refractivity contribution is 0.0387. The molecule has 3 atom stereocenters. The first-order valence-electron chi connectivity index (χ1n) is 13.2. The lowest BCUT2D eigenvalue weighted by Gasteiger charge is -2.38. The zero-order valence-corrected chi connectivity index (χ0v) is 25.0. The molecule has 0 aliphatic carbocycles. The van der Waals surface area contributed by atoms with Crippen molar-refractivity contribution in [1.29, 1.82) is 0 Å². The van der Waals surface area contributed by atoms with Gasteiger partial charge in [0.1, 0.15) is 11.9 Å². The number of anilines is 1. The maximum atomic E-state index is 13.7. The highest BCUT2D eigenvalue weighted by molar-refractivity contribution is 7.92. The fraction of sp³-hybridized carbons (Fsp3) is 0.345. The number of aliphatic hydroxyl groups is 1. The van der Waals surface area contributed by atoms with Crippen molar-refractivity contribution in [3.63, 3.8) is 0 Å². The average Bonchev–Trinajstić information content (AvgIpc) is 2.95. The maximum absolute atomic E-state index is 13.7. The minimum atomic E-state index is -3.92. The third-order valence-electron chi connectivity index (χ3n) is 7.14. The summed E-state index contributed by atoms with van der Waals surface area (Å²) in [6, 6.07) is 18.3. The van der Waals surface area contributed by atoms with Crippen molar-refractivity contribution in [2.24, 2.45) is 5.92 Å². The highest BCUT2D eigenvalue weighted by Gasteiger charge is 2.35. The van der Waals surface area contributed by atoms with Crippen LogP contribution in [0.3, 0.4) is 0 Å². The molecule has 1 aliphatic heterocycles. The van der Waals surface area contributed by atoms with Crippen LogP contribution in [0.5, 0.6) is 5.75 Å². The first-order chi connectivity index (χ1) is 19.3. The molecule has 1 amide bonds. The lowest BCUT2D eigenvalue weighted by atomic mass is 9.99. The Morgan fingerprint density at radius 2 is 1.68 bits per heavy atom. The number of hydrogen-bond donors (Lipinski definition) is 2. The molecule has 3 aromatic carbocycles. The molecule has 0 unspecified atom stereocenters. The first-order valence-corrected chi connectivity index (χ1v) is 16.1. The van der Waals surface area contributed by atoms with Crippen LogP contribution in [-0.2, 0) is 20.0 Å². The second-order valence-corrected chi connectivity index (χ2v) is 14.1. The van der Waals surface area contributed by atoms with Gasteiger partial charge in [0.15, 0.2) is 0 Å². The summed E-state index contributed by atoms with van der Waals surface area (Å²) in [5.74, 6) is -0.563. The van der Waals surface area contributed by atoms with Crippen LogP contribution in [0.2, 0.25) is 0 Å². The molecule has 0 aromatic heterocycles. The van der Waals surface area contributed by atoms with E-state index in [9.17, 15) is 26.7 Å². The molecule has 0 fully saturated rings. The van der Waals surface area contributed by atoms with Crippen LogP contribution in [0, 0.1) is 12.8 Å². The van der Waals surface area contributed by atoms with E-state index in [1.807, 2.05) is 13.8 Å². The van der Waals surface area contributed by atoms with Crippen molar-refractivity contribution >= 4 is 31.6 Å². The number of rotatable bonds is 9. The monoisotopic (exact) mass is 601 g/mol. The van der Waals surface area contributed by atoms with Gasteiger partial charge in [0.05, 0.1) is 34.5 Å². The molecule has 220 valence electrons. The van der Waals surface area contributed by atoms with E-state index >= 15 is 0 Å². The van der Waals surface area contributed by atoms with E-state index in [-0.39, 0.29) is 52.4 Å². The number of aliphatic hydroxyl groups excluding tert-OH is 1. The number of sulfonamides is 2. The Morgan fingerprint density at radius 3 is 2.32 bits per heavy atom. The normalized spacial score (nSPS) is 18.7. The predicted molar refractivity (Wildman–Crippen MR) is 156 cm³/mol. The van der Waals surface area contributed by atoms with Gasteiger partial charge < -0.3 is 14.7 Å². The summed E-state index contributed by atoms with van der Waals surface area (Å²) in [5, 5.41) is 9.89. The molecule has 1 aliphatic rings. The largest absolute Gasteiger partial charge is 0.488 e. The number of ether oxygens (including phenoxy) is 1. The molecule has 3 aromatic rings. The van der Waals surface area contributed by atoms with Crippen LogP contribution < -0.4 is 9.46 Å². The van der Waals surface area contributed by atoms with Crippen molar-refractivity contribution in [3.8, 4) is 5.75 Å². The summed E-state index contributed by atoms with van der Waals surface area (Å²) < 4.78 is 62.4. The number of amides is 1. The van der Waals surface area contributed by atoms with Crippen molar-refractivity contribution < 1.29 is 31.5 Å². The predicted octanol–water partition coefficient (Wildman–Crippen LogP) is 3.34. The first kappa shape index (κ1) is 30.5. The van der Waals surface area contributed by atoms with E-state index in [4.69, 9.17) is 4.74 Å². The second kappa shape index (κ2) is 12.2. The molecule has 1 heterocycles. The average molecular weight is 602 g/mol. The number of fused-ring (bicyclic) bond motifs is 1. The van der Waals surface area contributed by atoms with Crippen LogP contribution in [0.25, 0.3) is 0 Å². The molecule has 0 spiro atoms. The van der Waals surface area contributed by atoms with E-state index in [1.54, 1.807) is 49.4 Å². The van der Waals surface area contributed by atoms with Crippen molar-refractivity contribution in [3.05, 3.63) is 83.9 Å². The molecule has 12 heteroatoms. The Balaban J connectivity index is 1.68. The number of carbonyl (C=O) groups excluding carboxylic acids is 1. The van der Waals surface area contributed by atoms with Crippen molar-refractivity contribution in [1.82, 2.24) is 9.21 Å². The molecule has 41 heavy (non-hydrogen) atoms. The molecule has 0 radical (unpaired) electrons. The Bertz CT molecular complexity index is 1600. The molecule has 10 nitrogen and oxygen atoms in total. The minimum absolute atomic E-state index is 0.00522. The number of nitrogens with one attached hydrogen (secondary N) is 1. The maximum Gasteiger partial charge on any atom is 0.261 e. The number of aryl methyl sites for hydroxylation is 1. The molecule has 4 rings (SSSR count). The molecular formula is C29H35N3O7S2. The number of hydrogen-bond acceptors (Lipinski definition) is 7. The summed E-state index contributed by atoms with van der Waals surface area (Å²) in [5.41, 5.74) is 1.19. The minimum Gasteiger partial charge on any atom is -0.488 e. The van der Waals surface area contributed by atoms with Crippen LogP contribution in [0.15, 0.2) is 82.6 Å². The molecule has 0 bridgehead atoms. The van der Waals surface area contributed by atoms with E-state index in [1.165, 1.54) is 46.6 Å². The van der Waals surface area contributed by atoms with E-state index < -0.39 is 38.1 Å². The van der Waals surface area contributed by atoms with Gasteiger partial charge in [-0.1, -0.05) is 42.8 Å². The third-order valence-corrected chi connectivity index (χ3v) is 10.4. The lowest BCUT2D eigenvalue weighted by Crippen LogP contribution is -2.50. The standard InChI is InChI=1S/C29H35N3O7S2/c1-20-10-13-25(14-11-20)41(37,38)31(4)18-28-21(2)17-32(22(3)19-33)29(34)26-16-23(12-15-27(26)39-28)30-40(35,36)24-8-6-5-7-9-24/h5-16,21-22,28,30,33H,17-19H2,1-4H3/t21-,22-,28+/m0/s1. The van der Waals surface area contributed by atoms with Gasteiger partial charge >= 0.3 is 0 Å². The Morgan fingerprint density at radius 1 is 1.02 bits per heavy atom. The van der Waals surface area contributed by atoms with Crippen LogP contribution in [0.4, 0.5) is 5.69 Å². The van der Waals surface area contributed by atoms with Gasteiger partial charge in [-0.15, -0.1) is 0 Å². The van der Waals surface area contributed by atoms with E-state index in [0.29, 0.717) is 0 Å². The van der Waals surface area contributed by atoms with Crippen LogP contribution >= 0.6 is 0 Å².